The fraction of sp³-hybridized carbons (Fsp3) is 0.850. The fourth-order valence-electron chi connectivity index (χ4n) is 2.39. The van der Waals surface area contributed by atoms with E-state index in [0.29, 0.717) is 26.2 Å². The quantitative estimate of drug-likeness (QED) is 0.147. The molecular formula is C20H45N7O4. The number of amides is 3. The van der Waals surface area contributed by atoms with Crippen molar-refractivity contribution in [2.45, 2.75) is 51.9 Å². The second kappa shape index (κ2) is 24.3. The maximum Gasteiger partial charge on any atom is 0.404 e. The van der Waals surface area contributed by atoms with Gasteiger partial charge in [0.25, 0.3) is 0 Å². The van der Waals surface area contributed by atoms with Gasteiger partial charge in [-0.25, -0.2) is 4.79 Å². The number of hydrogen-bond acceptors (Lipinski definition) is 8. The Bertz CT molecular complexity index is 451. The minimum absolute atomic E-state index is 0.00574. The van der Waals surface area contributed by atoms with Crippen molar-refractivity contribution in [2.75, 3.05) is 59.0 Å². The van der Waals surface area contributed by atoms with Gasteiger partial charge in [0.05, 0.1) is 19.6 Å². The van der Waals surface area contributed by atoms with Gasteiger partial charge < -0.3 is 43.2 Å². The average molecular weight is 448 g/mol. The second-order valence-corrected chi connectivity index (χ2v) is 7.00. The summed E-state index contributed by atoms with van der Waals surface area (Å²) in [6.45, 7) is 5.70. The Labute approximate surface area is 186 Å². The third kappa shape index (κ3) is 24.2. The number of nitrogens with one attached hydrogen (secondary N) is 2. The molecular weight excluding hydrogens is 402 g/mol. The highest BCUT2D eigenvalue weighted by Crippen LogP contribution is 1.99. The molecule has 0 bridgehead atoms. The van der Waals surface area contributed by atoms with E-state index in [1.807, 2.05) is 0 Å². The fourth-order valence-corrected chi connectivity index (χ4v) is 2.39. The largest absolute Gasteiger partial charge is 0.448 e. The zero-order valence-corrected chi connectivity index (χ0v) is 19.2. The van der Waals surface area contributed by atoms with Crippen molar-refractivity contribution in [3.8, 4) is 0 Å². The van der Waals surface area contributed by atoms with E-state index in [1.54, 1.807) is 0 Å². The predicted octanol–water partition coefficient (Wildman–Crippen LogP) is -0.771. The molecule has 0 unspecified atom stereocenters. The number of unbranched alkanes of at least 4 members (excludes halogenated alkanes) is 4. The third-order valence-electron chi connectivity index (χ3n) is 4.13. The highest BCUT2D eigenvalue weighted by atomic mass is 16.5. The van der Waals surface area contributed by atoms with E-state index in [0.717, 1.165) is 38.6 Å². The van der Waals surface area contributed by atoms with E-state index in [2.05, 4.69) is 22.3 Å². The monoisotopic (exact) mass is 447 g/mol. The summed E-state index contributed by atoms with van der Waals surface area (Å²) in [6, 6.07) is 0. The van der Waals surface area contributed by atoms with Gasteiger partial charge in [-0.1, -0.05) is 19.8 Å². The van der Waals surface area contributed by atoms with Crippen LogP contribution >= 0.6 is 0 Å². The first-order valence-electron chi connectivity index (χ1n) is 11.2. The van der Waals surface area contributed by atoms with Crippen molar-refractivity contribution in [2.24, 2.45) is 22.9 Å². The van der Waals surface area contributed by atoms with Crippen LogP contribution < -0.4 is 33.6 Å². The SMILES string of the molecule is CCCCN.NCCCCCN(CC(=O)NCCOC(N)=O)C(=O)CNCCCCN. The molecule has 10 N–H and O–H groups in total. The van der Waals surface area contributed by atoms with Crippen LogP contribution in [0.5, 0.6) is 0 Å². The molecule has 0 aromatic rings. The lowest BCUT2D eigenvalue weighted by molar-refractivity contribution is -0.135. The zero-order valence-electron chi connectivity index (χ0n) is 19.2. The van der Waals surface area contributed by atoms with Gasteiger partial charge in [-0.2, -0.15) is 0 Å². The average Bonchev–Trinajstić information content (AvgIpc) is 2.74. The molecule has 0 heterocycles. The molecule has 0 aliphatic heterocycles. The molecule has 0 fully saturated rings. The van der Waals surface area contributed by atoms with Gasteiger partial charge in [0.2, 0.25) is 11.8 Å². The molecule has 0 spiro atoms. The predicted molar refractivity (Wildman–Crippen MR) is 123 cm³/mol. The van der Waals surface area contributed by atoms with Crippen molar-refractivity contribution >= 4 is 17.9 Å². The third-order valence-corrected chi connectivity index (χ3v) is 4.13. The van der Waals surface area contributed by atoms with E-state index < -0.39 is 6.09 Å². The number of primary amides is 1. The smallest absolute Gasteiger partial charge is 0.404 e. The summed E-state index contributed by atoms with van der Waals surface area (Å²) < 4.78 is 4.53. The van der Waals surface area contributed by atoms with Crippen LogP contribution in [0, 0.1) is 0 Å². The van der Waals surface area contributed by atoms with Crippen LogP contribution in [0.3, 0.4) is 0 Å². The number of nitrogens with zero attached hydrogens (tertiary/aromatic N) is 1. The Morgan fingerprint density at radius 2 is 1.52 bits per heavy atom. The molecule has 0 atom stereocenters. The van der Waals surface area contributed by atoms with Gasteiger partial charge in [0.1, 0.15) is 6.61 Å². The molecule has 0 aromatic heterocycles. The van der Waals surface area contributed by atoms with Crippen LogP contribution in [0.4, 0.5) is 4.79 Å². The minimum Gasteiger partial charge on any atom is -0.448 e. The van der Waals surface area contributed by atoms with Crippen molar-refractivity contribution in [3.05, 3.63) is 0 Å². The Morgan fingerprint density at radius 1 is 0.871 bits per heavy atom. The minimum atomic E-state index is -0.892. The second-order valence-electron chi connectivity index (χ2n) is 7.00. The van der Waals surface area contributed by atoms with Gasteiger partial charge in [0, 0.05) is 6.54 Å². The summed E-state index contributed by atoms with van der Waals surface area (Å²) in [4.78, 5) is 36.3. The number of ether oxygens (including phenoxy) is 1. The van der Waals surface area contributed by atoms with Crippen molar-refractivity contribution in [3.63, 3.8) is 0 Å². The standard InChI is InChI=1S/C16H34N6O4.C4H11N/c17-6-2-1-5-10-22(15(24)12-20-8-4-3-7-18)13-14(23)21-9-11-26-16(19)25;1-2-3-4-5/h20H,1-13,17-18H2,(H2,19,25)(H,21,23);2-5H2,1H3. The van der Waals surface area contributed by atoms with E-state index in [4.69, 9.17) is 22.9 Å². The maximum atomic E-state index is 12.3. The molecule has 0 saturated heterocycles. The van der Waals surface area contributed by atoms with Gasteiger partial charge in [-0.15, -0.1) is 0 Å². The highest BCUT2D eigenvalue weighted by Gasteiger charge is 2.16. The summed E-state index contributed by atoms with van der Waals surface area (Å²) in [5.41, 5.74) is 20.9. The molecule has 3 amide bonds. The molecule has 11 heteroatoms. The van der Waals surface area contributed by atoms with Crippen LogP contribution in [0.25, 0.3) is 0 Å². The summed E-state index contributed by atoms with van der Waals surface area (Å²) in [6.07, 6.45) is 5.87. The molecule has 0 radical (unpaired) electrons. The number of nitrogens with two attached hydrogens (primary N) is 4. The first kappa shape index (κ1) is 31.2. The number of carbonyl (C=O) groups is 3. The molecule has 0 saturated carbocycles. The lowest BCUT2D eigenvalue weighted by Crippen LogP contribution is -2.45. The van der Waals surface area contributed by atoms with E-state index >= 15 is 0 Å². The van der Waals surface area contributed by atoms with Gasteiger partial charge in [-0.3, -0.25) is 9.59 Å². The van der Waals surface area contributed by atoms with E-state index in [-0.39, 0.29) is 38.1 Å². The highest BCUT2D eigenvalue weighted by molar-refractivity contribution is 5.85. The topological polar surface area (TPSA) is 192 Å². The summed E-state index contributed by atoms with van der Waals surface area (Å²) in [5, 5.41) is 5.66. The molecule has 0 aliphatic carbocycles. The zero-order chi connectivity index (χ0) is 23.7. The van der Waals surface area contributed by atoms with Crippen molar-refractivity contribution < 1.29 is 19.1 Å². The van der Waals surface area contributed by atoms with Crippen molar-refractivity contribution in [1.82, 2.24) is 15.5 Å². The molecule has 11 nitrogen and oxygen atoms in total. The van der Waals surface area contributed by atoms with Crippen LogP contribution in [0.2, 0.25) is 0 Å². The molecule has 31 heavy (non-hydrogen) atoms. The Hall–Kier alpha value is -1.95. The van der Waals surface area contributed by atoms with Gasteiger partial charge >= 0.3 is 6.09 Å². The van der Waals surface area contributed by atoms with Gasteiger partial charge in [-0.05, 0) is 58.3 Å². The van der Waals surface area contributed by atoms with Crippen LogP contribution in [0.15, 0.2) is 0 Å². The van der Waals surface area contributed by atoms with Crippen molar-refractivity contribution in [1.29, 1.82) is 0 Å². The lowest BCUT2D eigenvalue weighted by atomic mass is 10.2. The first-order valence-corrected chi connectivity index (χ1v) is 11.2. The van der Waals surface area contributed by atoms with Crippen LogP contribution in [-0.2, 0) is 14.3 Å². The summed E-state index contributed by atoms with van der Waals surface area (Å²) in [5.74, 6) is -0.442. The van der Waals surface area contributed by atoms with E-state index in [1.165, 1.54) is 17.7 Å². The Morgan fingerprint density at radius 3 is 2.06 bits per heavy atom. The molecule has 184 valence electrons. The Balaban J connectivity index is 0. The summed E-state index contributed by atoms with van der Waals surface area (Å²) in [7, 11) is 0. The van der Waals surface area contributed by atoms with E-state index in [9.17, 15) is 14.4 Å². The molecule has 0 aromatic carbocycles. The molecule has 0 aliphatic rings. The molecule has 0 rings (SSSR count). The van der Waals surface area contributed by atoms with Crippen LogP contribution in [0.1, 0.15) is 51.9 Å². The number of hydrogen-bond donors (Lipinski definition) is 6. The lowest BCUT2D eigenvalue weighted by Gasteiger charge is -2.22. The number of carbonyl (C=O) groups excluding carboxylic acids is 3. The van der Waals surface area contributed by atoms with Gasteiger partial charge in [0.15, 0.2) is 0 Å². The first-order chi connectivity index (χ1) is 14.9. The maximum absolute atomic E-state index is 12.3. The normalized spacial score (nSPS) is 10.1. The Kier molecular flexibility index (Phi) is 24.5. The summed E-state index contributed by atoms with van der Waals surface area (Å²) >= 11 is 0. The number of rotatable bonds is 18. The van der Waals surface area contributed by atoms with Crippen LogP contribution in [-0.4, -0.2) is 81.8 Å².